The smallest absolute Gasteiger partial charge is 0.251 e. The number of aromatic nitrogens is 2. The van der Waals surface area contributed by atoms with Crippen molar-refractivity contribution in [1.82, 2.24) is 14.9 Å². The third-order valence-electron chi connectivity index (χ3n) is 6.20. The van der Waals surface area contributed by atoms with Crippen molar-refractivity contribution in [2.75, 3.05) is 20.8 Å². The summed E-state index contributed by atoms with van der Waals surface area (Å²) in [7, 11) is 3.11. The molecule has 188 valence electrons. The van der Waals surface area contributed by atoms with E-state index in [9.17, 15) is 4.79 Å². The lowest BCUT2D eigenvalue weighted by molar-refractivity contribution is 0.0937. The van der Waals surface area contributed by atoms with E-state index in [0.717, 1.165) is 22.6 Å². The van der Waals surface area contributed by atoms with Crippen molar-refractivity contribution < 1.29 is 19.0 Å². The summed E-state index contributed by atoms with van der Waals surface area (Å²) in [6, 6.07) is 21.0. The number of nitrogens with zero attached hydrogens (tertiary/aromatic N) is 2. The van der Waals surface area contributed by atoms with Crippen LogP contribution < -0.4 is 19.5 Å². The maximum atomic E-state index is 13.0. The lowest BCUT2D eigenvalue weighted by atomic mass is 10.0. The van der Waals surface area contributed by atoms with Gasteiger partial charge in [0.2, 0.25) is 0 Å². The zero-order valence-corrected chi connectivity index (χ0v) is 21.4. The first-order valence-corrected chi connectivity index (χ1v) is 12.1. The second-order valence-electron chi connectivity index (χ2n) is 8.95. The van der Waals surface area contributed by atoms with Crippen LogP contribution in [0.25, 0.3) is 11.0 Å². The predicted octanol–water partition coefficient (Wildman–Crippen LogP) is 5.75. The molecular weight excluding hydrogens is 454 g/mol. The van der Waals surface area contributed by atoms with Crippen LogP contribution in [0.3, 0.4) is 0 Å². The Balaban J connectivity index is 1.51. The first-order valence-electron chi connectivity index (χ1n) is 12.1. The summed E-state index contributed by atoms with van der Waals surface area (Å²) in [5.41, 5.74) is 3.64. The van der Waals surface area contributed by atoms with Gasteiger partial charge in [0, 0.05) is 5.56 Å². The topological polar surface area (TPSA) is 74.6 Å². The number of rotatable bonds is 10. The molecule has 0 saturated carbocycles. The molecule has 0 fully saturated rings. The highest BCUT2D eigenvalue weighted by molar-refractivity contribution is 5.95. The maximum Gasteiger partial charge on any atom is 0.251 e. The van der Waals surface area contributed by atoms with Crippen LogP contribution in [0, 0.1) is 0 Å². The number of benzene rings is 3. The predicted molar refractivity (Wildman–Crippen MR) is 141 cm³/mol. The molecule has 3 aromatic carbocycles. The number of para-hydroxylation sites is 2. The lowest BCUT2D eigenvalue weighted by Gasteiger charge is -2.17. The number of methoxy groups -OCH3 is 2. The lowest BCUT2D eigenvalue weighted by Crippen LogP contribution is -2.29. The Bertz CT molecular complexity index is 1330. The average Bonchev–Trinajstić information content (AvgIpc) is 3.27. The van der Waals surface area contributed by atoms with Gasteiger partial charge in [0.1, 0.15) is 18.2 Å². The molecule has 0 radical (unpaired) electrons. The zero-order chi connectivity index (χ0) is 25.7. The quantitative estimate of drug-likeness (QED) is 0.308. The van der Waals surface area contributed by atoms with Gasteiger partial charge >= 0.3 is 0 Å². The van der Waals surface area contributed by atoms with E-state index in [1.165, 1.54) is 5.56 Å². The van der Waals surface area contributed by atoms with E-state index in [0.29, 0.717) is 36.1 Å². The van der Waals surface area contributed by atoms with Gasteiger partial charge < -0.3 is 24.1 Å². The minimum absolute atomic E-state index is 0.219. The first kappa shape index (κ1) is 25.1. The molecule has 7 heteroatoms. The van der Waals surface area contributed by atoms with Crippen molar-refractivity contribution in [3.05, 3.63) is 83.7 Å². The number of nitrogens with one attached hydrogen (secondary N) is 1. The number of amides is 1. The molecule has 4 rings (SSSR count). The molecule has 1 N–H and O–H groups in total. The van der Waals surface area contributed by atoms with Crippen LogP contribution in [0.4, 0.5) is 0 Å². The van der Waals surface area contributed by atoms with Crippen LogP contribution in [0.15, 0.2) is 66.7 Å². The fourth-order valence-electron chi connectivity index (χ4n) is 4.19. The highest BCUT2D eigenvalue weighted by Crippen LogP contribution is 2.28. The summed E-state index contributed by atoms with van der Waals surface area (Å²) < 4.78 is 18.8. The third-order valence-corrected chi connectivity index (χ3v) is 6.20. The molecule has 1 atom stereocenters. The summed E-state index contributed by atoms with van der Waals surface area (Å²) in [5, 5.41) is 3.07. The number of hydrogen-bond acceptors (Lipinski definition) is 5. The van der Waals surface area contributed by atoms with E-state index in [1.54, 1.807) is 32.4 Å². The van der Waals surface area contributed by atoms with Crippen LogP contribution in [0.1, 0.15) is 54.5 Å². The van der Waals surface area contributed by atoms with Crippen molar-refractivity contribution in [3.8, 4) is 17.2 Å². The van der Waals surface area contributed by atoms with Gasteiger partial charge in [-0.1, -0.05) is 38.1 Å². The number of carbonyl (C=O) groups excluding carboxylic acids is 1. The molecule has 4 aromatic rings. The van der Waals surface area contributed by atoms with Crippen molar-refractivity contribution in [3.63, 3.8) is 0 Å². The molecule has 36 heavy (non-hydrogen) atoms. The van der Waals surface area contributed by atoms with E-state index in [4.69, 9.17) is 19.2 Å². The Morgan fingerprint density at radius 1 is 0.944 bits per heavy atom. The number of hydrogen-bond donors (Lipinski definition) is 1. The molecule has 0 spiro atoms. The maximum absolute atomic E-state index is 13.0. The van der Waals surface area contributed by atoms with Crippen LogP contribution in [0.5, 0.6) is 17.2 Å². The first-order chi connectivity index (χ1) is 17.4. The van der Waals surface area contributed by atoms with E-state index < -0.39 is 0 Å². The molecule has 7 nitrogen and oxygen atoms in total. The van der Waals surface area contributed by atoms with Crippen molar-refractivity contribution >= 4 is 16.9 Å². The van der Waals surface area contributed by atoms with Gasteiger partial charge in [-0.05, 0) is 60.9 Å². The highest BCUT2D eigenvalue weighted by atomic mass is 16.5. The van der Waals surface area contributed by atoms with Crippen LogP contribution in [0.2, 0.25) is 0 Å². The highest BCUT2D eigenvalue weighted by Gasteiger charge is 2.20. The summed E-state index contributed by atoms with van der Waals surface area (Å²) in [6.45, 7) is 7.35. The number of fused-ring (bicyclic) bond motifs is 1. The molecule has 0 aliphatic rings. The van der Waals surface area contributed by atoms with Crippen LogP contribution in [-0.4, -0.2) is 36.3 Å². The Labute approximate surface area is 212 Å². The Morgan fingerprint density at radius 3 is 2.36 bits per heavy atom. The van der Waals surface area contributed by atoms with Crippen molar-refractivity contribution in [2.24, 2.45) is 0 Å². The Hall–Kier alpha value is -4.00. The molecule has 1 amide bonds. The summed E-state index contributed by atoms with van der Waals surface area (Å²) in [4.78, 5) is 17.9. The summed E-state index contributed by atoms with van der Waals surface area (Å²) in [6.07, 6.45) is 0. The minimum Gasteiger partial charge on any atom is -0.493 e. The van der Waals surface area contributed by atoms with Gasteiger partial charge in [0.25, 0.3) is 5.91 Å². The molecule has 1 heterocycles. The van der Waals surface area contributed by atoms with Gasteiger partial charge in [0.15, 0.2) is 11.5 Å². The largest absolute Gasteiger partial charge is 0.493 e. The monoisotopic (exact) mass is 487 g/mol. The van der Waals surface area contributed by atoms with Crippen molar-refractivity contribution in [1.29, 1.82) is 0 Å². The average molecular weight is 488 g/mol. The van der Waals surface area contributed by atoms with Gasteiger partial charge in [-0.3, -0.25) is 4.79 Å². The van der Waals surface area contributed by atoms with Crippen LogP contribution >= 0.6 is 0 Å². The van der Waals surface area contributed by atoms with Crippen molar-refractivity contribution in [2.45, 2.75) is 39.3 Å². The minimum atomic E-state index is -0.330. The number of carbonyl (C=O) groups is 1. The van der Waals surface area contributed by atoms with E-state index >= 15 is 0 Å². The van der Waals surface area contributed by atoms with E-state index in [-0.39, 0.29) is 11.9 Å². The standard InChI is InChI=1S/C29H33N3O4/c1-19(2)21-10-13-23(14-11-21)36-17-16-32-25-9-7-6-8-24(25)31-28(32)20(3)30-29(33)22-12-15-26(34-4)27(18-22)35-5/h6-15,18-20H,16-17H2,1-5H3,(H,30,33). The molecule has 1 aromatic heterocycles. The third kappa shape index (κ3) is 5.46. The second kappa shape index (κ2) is 11.2. The molecule has 0 bridgehead atoms. The zero-order valence-electron chi connectivity index (χ0n) is 21.4. The molecular formula is C29H33N3O4. The second-order valence-corrected chi connectivity index (χ2v) is 8.95. The van der Waals surface area contributed by atoms with Gasteiger partial charge in [-0.15, -0.1) is 0 Å². The van der Waals surface area contributed by atoms with Gasteiger partial charge in [-0.25, -0.2) is 4.98 Å². The molecule has 1 unspecified atom stereocenters. The number of imidazole rings is 1. The van der Waals surface area contributed by atoms with Gasteiger partial charge in [0.05, 0.1) is 37.8 Å². The fourth-order valence-corrected chi connectivity index (χ4v) is 4.19. The van der Waals surface area contributed by atoms with Crippen LogP contribution in [-0.2, 0) is 6.54 Å². The van der Waals surface area contributed by atoms with Gasteiger partial charge in [-0.2, -0.15) is 0 Å². The molecule has 0 saturated heterocycles. The normalized spacial score (nSPS) is 11.9. The Kier molecular flexibility index (Phi) is 7.78. The molecule has 0 aliphatic heterocycles. The summed E-state index contributed by atoms with van der Waals surface area (Å²) >= 11 is 0. The number of ether oxygens (including phenoxy) is 3. The fraction of sp³-hybridized carbons (Fsp3) is 0.310. The molecule has 0 aliphatic carbocycles. The summed E-state index contributed by atoms with van der Waals surface area (Å²) in [5.74, 6) is 2.94. The Morgan fingerprint density at radius 2 is 1.67 bits per heavy atom. The SMILES string of the molecule is COc1ccc(C(=O)NC(C)c2nc3ccccc3n2CCOc2ccc(C(C)C)cc2)cc1OC. The van der Waals surface area contributed by atoms with E-state index in [1.807, 2.05) is 43.3 Å². The van der Waals surface area contributed by atoms with E-state index in [2.05, 4.69) is 35.9 Å².